The molecule has 4 amide bonds. The van der Waals surface area contributed by atoms with Crippen LogP contribution in [0, 0.1) is 5.92 Å². The molecule has 2 bridgehead atoms. The normalized spacial score (nSPS) is 17.4. The number of amides is 4. The maximum Gasteiger partial charge on any atom is 0.277 e. The number of carbonyl (C=O) groups is 4. The van der Waals surface area contributed by atoms with E-state index in [9.17, 15) is 38.4 Å². The molecule has 40 nitrogen and oxygen atoms in total. The summed E-state index contributed by atoms with van der Waals surface area (Å²) in [5, 5.41) is 35.9. The SMILES string of the molecule is C=CC(=O)N(C)C1CC(n2cc(Nc3cn(C)nc3OC)c3ncn(C45CC(C4)C5)c3c2=O)C1.C=CC(=O)N(C)C1CC(n2cc(Nc3cn(C)nc3OC)c3ncn(C4CCC4)c3c2=O)C1.C=CC(=O)Nc1cccc(Cn2cc(Nc3cn(C)nc3OC)c3nc[nH]c3c2=O)c1.C=CC(=O)Nc1cccc(Cn2cc(Nc3cn(C)nc3OC)c3ncn(C)c3c2=O)c1. The first kappa shape index (κ1) is 87.7. The van der Waals surface area contributed by atoms with E-state index in [1.165, 1.54) is 37.7 Å². The van der Waals surface area contributed by atoms with Gasteiger partial charge in [0.05, 0.1) is 114 Å². The van der Waals surface area contributed by atoms with Gasteiger partial charge in [-0.25, -0.2) is 19.9 Å². The van der Waals surface area contributed by atoms with Crippen LogP contribution >= 0.6 is 0 Å². The molecule has 7 N–H and O–H groups in total. The van der Waals surface area contributed by atoms with E-state index >= 15 is 0 Å². The Balaban J connectivity index is 0.000000127. The van der Waals surface area contributed by atoms with Gasteiger partial charge < -0.3 is 97.6 Å². The summed E-state index contributed by atoms with van der Waals surface area (Å²) in [7, 11) is 18.8. The lowest BCUT2D eigenvalue weighted by atomic mass is 9.49. The van der Waals surface area contributed by atoms with Gasteiger partial charge >= 0.3 is 0 Å². The number of aromatic amines is 1. The minimum atomic E-state index is -0.301. The number of methoxy groups -OCH3 is 4. The number of H-pyrrole nitrogens is 1. The third-order valence-corrected chi connectivity index (χ3v) is 24.7. The van der Waals surface area contributed by atoms with Crippen molar-refractivity contribution in [3.63, 3.8) is 0 Å². The number of aryl methyl sites for hydroxylation is 5. The summed E-state index contributed by atoms with van der Waals surface area (Å²) in [5.74, 6) is 1.78. The Kier molecular flexibility index (Phi) is 24.5. The zero-order chi connectivity index (χ0) is 91.8. The van der Waals surface area contributed by atoms with E-state index < -0.39 is 0 Å². The molecular weight excluding hydrogens is 1670 g/mol. The second-order valence-corrected chi connectivity index (χ2v) is 33.1. The van der Waals surface area contributed by atoms with Crippen molar-refractivity contribution in [2.45, 2.75) is 113 Å². The first-order chi connectivity index (χ1) is 62.6. The quantitative estimate of drug-likeness (QED) is 0.0224. The van der Waals surface area contributed by atoms with E-state index in [0.717, 1.165) is 79.8 Å². The van der Waals surface area contributed by atoms with Crippen LogP contribution in [0.25, 0.3) is 44.1 Å². The van der Waals surface area contributed by atoms with Crippen LogP contribution in [0.3, 0.4) is 0 Å². The van der Waals surface area contributed by atoms with Gasteiger partial charge in [0.1, 0.15) is 66.9 Å². The fraction of sp³-hybridized carbons (Fsp3) is 0.333. The molecule has 12 aromatic heterocycles. The van der Waals surface area contributed by atoms with E-state index in [1.807, 2.05) is 90.7 Å². The van der Waals surface area contributed by atoms with E-state index in [4.69, 9.17) is 18.9 Å². The van der Waals surface area contributed by atoms with E-state index in [0.29, 0.717) is 145 Å². The summed E-state index contributed by atoms with van der Waals surface area (Å²) in [6.45, 7) is 14.7. The largest absolute Gasteiger partial charge is 0.478 e. The number of fused-ring (bicyclic) bond motifs is 4. The Morgan fingerprint density at radius 3 is 1.29 bits per heavy atom. The number of pyridine rings is 4. The number of anilines is 10. The lowest BCUT2D eigenvalue weighted by molar-refractivity contribution is -0.129. The molecule has 0 unspecified atom stereocenters. The van der Waals surface area contributed by atoms with Crippen LogP contribution in [-0.4, -0.2) is 184 Å². The maximum absolute atomic E-state index is 13.8. The Morgan fingerprint density at radius 2 is 0.877 bits per heavy atom. The lowest BCUT2D eigenvalue weighted by Gasteiger charge is -2.62. The van der Waals surface area contributed by atoms with Crippen LogP contribution in [0.2, 0.25) is 0 Å². The molecule has 0 aliphatic heterocycles. The molecule has 14 aromatic rings. The first-order valence-corrected chi connectivity index (χ1v) is 42.2. The zero-order valence-corrected chi connectivity index (χ0v) is 73.9. The van der Waals surface area contributed by atoms with Crippen molar-refractivity contribution in [3.8, 4) is 23.5 Å². The van der Waals surface area contributed by atoms with Gasteiger partial charge in [-0.2, -0.15) is 0 Å². The molecule has 6 fully saturated rings. The molecule has 0 saturated heterocycles. The second kappa shape index (κ2) is 36.3. The number of rotatable bonds is 28. The summed E-state index contributed by atoms with van der Waals surface area (Å²) >= 11 is 0. The fourth-order valence-corrected chi connectivity index (χ4v) is 17.4. The number of imidazole rings is 4. The predicted molar refractivity (Wildman–Crippen MR) is 492 cm³/mol. The van der Waals surface area contributed by atoms with Gasteiger partial charge in [-0.15, -0.1) is 20.4 Å². The number of ether oxygens (including phenoxy) is 4. The molecule has 0 atom stereocenters. The molecule has 6 saturated carbocycles. The standard InChI is InChI=1S/C24H29N7O3.C23H29N7O3.C22H23N7O3.C21H21N7O3/c1-5-19(32)29(3)15-6-16(7-15)30-12-17(26-18-11-28(2)27-22(18)34-4)20-21(23(30)33)31(13-25-20)24-8-14(9-24)10-24;1-5-19(31)28(3)15-9-16(10-15)29-12-17(25-18-11-27(2)26-22(18)33-4)20-21(23(29)32)30(13-24-20)14-7-6-8-14;1-5-18(30)24-15-8-6-7-14(9-15)10-29-12-16(19-20(22(29)31)27(2)13-23-19)25-17-11-28(3)26-21(17)32-4;1-4-17(29)24-14-7-5-6-13(8-14)9-28-11-15(18-19(21(28)30)23-12-22-18)25-16-10-27(2)26-20(16)31-3/h5,11-16,26H,1,6-10H2,2-4H3;5,11-16,25H,1,6-10H2,2-4H3;5-9,11-13,25H,1,10H2,2-4H3,(H,24,30);4-8,10-12,25H,1,9H2,2-3H3,(H,22,23)(H,24,29). The minimum Gasteiger partial charge on any atom is -0.478 e. The third-order valence-electron chi connectivity index (χ3n) is 24.7. The van der Waals surface area contributed by atoms with Crippen molar-refractivity contribution in [2.24, 2.45) is 41.2 Å². The lowest BCUT2D eigenvalue weighted by Crippen LogP contribution is -2.59. The highest BCUT2D eigenvalue weighted by molar-refractivity contribution is 6.00. The molecule has 2 aromatic carbocycles. The van der Waals surface area contributed by atoms with Gasteiger partial charge in [-0.3, -0.25) is 57.1 Å². The molecule has 40 heteroatoms. The molecule has 130 heavy (non-hydrogen) atoms. The van der Waals surface area contributed by atoms with Crippen molar-refractivity contribution in [3.05, 3.63) is 227 Å². The van der Waals surface area contributed by atoms with Crippen molar-refractivity contribution >= 4 is 125 Å². The molecule has 0 radical (unpaired) electrons. The highest BCUT2D eigenvalue weighted by Crippen LogP contribution is 2.63. The second-order valence-electron chi connectivity index (χ2n) is 33.1. The highest BCUT2D eigenvalue weighted by atomic mass is 16.5. The molecule has 674 valence electrons. The molecular formula is C90H102N28O12. The summed E-state index contributed by atoms with van der Waals surface area (Å²) in [4.78, 5) is 125. The molecule has 12 heterocycles. The van der Waals surface area contributed by atoms with Crippen LogP contribution in [0.5, 0.6) is 23.5 Å². The van der Waals surface area contributed by atoms with Gasteiger partial charge in [0.2, 0.25) is 23.6 Å². The van der Waals surface area contributed by atoms with E-state index in [2.05, 4.69) is 108 Å². The van der Waals surface area contributed by atoms with Gasteiger partial charge in [0.25, 0.3) is 45.8 Å². The monoisotopic (exact) mass is 1770 g/mol. The predicted octanol–water partition coefficient (Wildman–Crippen LogP) is 10.1. The van der Waals surface area contributed by atoms with Crippen molar-refractivity contribution < 1.29 is 38.1 Å². The van der Waals surface area contributed by atoms with E-state index in [1.54, 1.807) is 153 Å². The third kappa shape index (κ3) is 17.2. The number of hydrogen-bond donors (Lipinski definition) is 7. The van der Waals surface area contributed by atoms with Crippen molar-refractivity contribution in [1.29, 1.82) is 0 Å². The number of hydrogen-bond acceptors (Lipinski definition) is 24. The number of likely N-dealkylation sites (N-methyl/N-ethyl adjacent to an activating group) is 2. The average Bonchev–Trinajstić information content (AvgIpc) is 1.22. The van der Waals surface area contributed by atoms with Crippen LogP contribution < -0.4 is 73.1 Å². The first-order valence-electron chi connectivity index (χ1n) is 42.2. The number of aromatic nitrogens is 20. The Hall–Kier alpha value is -15.8. The number of nitrogens with zero attached hydrogens (tertiary/aromatic N) is 21. The molecule has 6 aliphatic rings. The van der Waals surface area contributed by atoms with Crippen LogP contribution in [0.4, 0.5) is 56.9 Å². The van der Waals surface area contributed by atoms with E-state index in [-0.39, 0.29) is 75.6 Å². The zero-order valence-electron chi connectivity index (χ0n) is 73.9. The minimum absolute atomic E-state index is 0.00745. The number of carbonyl (C=O) groups excluding carboxylic acids is 4. The maximum atomic E-state index is 13.8. The van der Waals surface area contributed by atoms with Gasteiger partial charge in [0, 0.05) is 121 Å². The number of nitrogens with one attached hydrogen (secondary N) is 7. The Morgan fingerprint density at radius 1 is 0.469 bits per heavy atom. The van der Waals surface area contributed by atoms with Crippen LogP contribution in [0.15, 0.2) is 193 Å². The molecule has 6 aliphatic carbocycles. The van der Waals surface area contributed by atoms with Crippen LogP contribution in [0.1, 0.15) is 93.5 Å². The Bertz CT molecular complexity index is 7000. The van der Waals surface area contributed by atoms with Gasteiger partial charge in [-0.05, 0) is 130 Å². The summed E-state index contributed by atoms with van der Waals surface area (Å²) < 4.78 is 40.7. The fourth-order valence-electron chi connectivity index (χ4n) is 17.4. The van der Waals surface area contributed by atoms with Crippen molar-refractivity contribution in [2.75, 3.05) is 74.4 Å². The average molecular weight is 1770 g/mol. The summed E-state index contributed by atoms with van der Waals surface area (Å²) in [5.41, 5.74) is 12.4. The smallest absolute Gasteiger partial charge is 0.277 e. The Labute approximate surface area is 743 Å². The summed E-state index contributed by atoms with van der Waals surface area (Å²) in [6, 6.07) is 15.1. The van der Waals surface area contributed by atoms with Crippen molar-refractivity contribution in [1.82, 2.24) is 106 Å². The number of benzene rings is 2. The highest BCUT2D eigenvalue weighted by Gasteiger charge is 2.58. The van der Waals surface area contributed by atoms with Gasteiger partial charge in [0.15, 0.2) is 0 Å². The summed E-state index contributed by atoms with van der Waals surface area (Å²) in [6.07, 6.45) is 35.6. The van der Waals surface area contributed by atoms with Crippen LogP contribution in [-0.2, 0) is 73.0 Å². The topological polar surface area (TPSA) is 425 Å². The molecule has 0 spiro atoms. The van der Waals surface area contributed by atoms with Gasteiger partial charge in [-0.1, -0.05) is 50.6 Å². The molecule has 20 rings (SSSR count).